The molecule has 0 saturated carbocycles. The highest BCUT2D eigenvalue weighted by molar-refractivity contribution is 5.13. The molecule has 0 spiro atoms. The zero-order valence-electron chi connectivity index (χ0n) is 14.4. The fraction of sp³-hybridized carbons (Fsp3) is 0.500. The van der Waals surface area contributed by atoms with E-state index in [4.69, 9.17) is 25.4 Å². The van der Waals surface area contributed by atoms with Crippen molar-refractivity contribution >= 4 is 0 Å². The Balaban J connectivity index is 1.96. The fourth-order valence-corrected chi connectivity index (χ4v) is 2.75. The Kier molecular flexibility index (Phi) is 7.01. The molecular formula is C20H26O4. The molecule has 4 heteroatoms. The predicted octanol–water partition coefficient (Wildman–Crippen LogP) is 3.32. The molecule has 0 bridgehead atoms. The minimum atomic E-state index is -0.685. The van der Waals surface area contributed by atoms with Gasteiger partial charge in [0.2, 0.25) is 0 Å². The molecule has 1 fully saturated rings. The first kappa shape index (κ1) is 18.7. The average Bonchev–Trinajstić information content (AvgIpc) is 2.87. The molecule has 0 aromatic heterocycles. The topological polar surface area (TPSA) is 36.9 Å². The van der Waals surface area contributed by atoms with Crippen LogP contribution in [0.3, 0.4) is 0 Å². The molecule has 0 aliphatic carbocycles. The molecule has 0 amide bonds. The Morgan fingerprint density at radius 3 is 2.75 bits per heavy atom. The molecule has 4 nitrogen and oxygen atoms in total. The van der Waals surface area contributed by atoms with Crippen LogP contribution in [-0.2, 0) is 25.6 Å². The second-order valence-electron chi connectivity index (χ2n) is 6.21. The summed E-state index contributed by atoms with van der Waals surface area (Å²) in [5.41, 5.74) is 1.12. The summed E-state index contributed by atoms with van der Waals surface area (Å²) in [6.45, 7) is 8.82. The molecule has 1 aromatic rings. The summed E-state index contributed by atoms with van der Waals surface area (Å²) in [7, 11) is 0. The van der Waals surface area contributed by atoms with Crippen molar-refractivity contribution in [2.75, 3.05) is 13.2 Å². The highest BCUT2D eigenvalue weighted by Gasteiger charge is 2.45. The molecule has 1 aromatic carbocycles. The third-order valence-corrected chi connectivity index (χ3v) is 3.73. The number of benzene rings is 1. The number of terminal acetylenes is 1. The third-order valence-electron chi connectivity index (χ3n) is 3.73. The van der Waals surface area contributed by atoms with Gasteiger partial charge in [-0.25, -0.2) is 0 Å². The summed E-state index contributed by atoms with van der Waals surface area (Å²) >= 11 is 0. The smallest absolute Gasteiger partial charge is 0.164 e. The van der Waals surface area contributed by atoms with E-state index in [1.54, 1.807) is 6.08 Å². The van der Waals surface area contributed by atoms with Crippen LogP contribution in [0.15, 0.2) is 43.0 Å². The maximum Gasteiger partial charge on any atom is 0.164 e. The zero-order chi connectivity index (χ0) is 17.4. The third kappa shape index (κ3) is 5.47. The van der Waals surface area contributed by atoms with Crippen LogP contribution in [0.4, 0.5) is 0 Å². The van der Waals surface area contributed by atoms with Crippen LogP contribution in [0.2, 0.25) is 0 Å². The van der Waals surface area contributed by atoms with E-state index in [0.29, 0.717) is 26.2 Å². The summed E-state index contributed by atoms with van der Waals surface area (Å²) in [5.74, 6) is 1.96. The van der Waals surface area contributed by atoms with Crippen LogP contribution in [0.5, 0.6) is 0 Å². The lowest BCUT2D eigenvalue weighted by Gasteiger charge is -2.25. The summed E-state index contributed by atoms with van der Waals surface area (Å²) in [5, 5.41) is 0. The Hall–Kier alpha value is -1.64. The number of ether oxygens (including phenoxy) is 4. The maximum absolute atomic E-state index is 6.02. The molecule has 130 valence electrons. The summed E-state index contributed by atoms with van der Waals surface area (Å²) in [6, 6.07) is 10.0. The number of hydrogen-bond acceptors (Lipinski definition) is 4. The lowest BCUT2D eigenvalue weighted by molar-refractivity contribution is -0.160. The van der Waals surface area contributed by atoms with Crippen molar-refractivity contribution in [2.24, 2.45) is 0 Å². The van der Waals surface area contributed by atoms with Gasteiger partial charge in [0.05, 0.1) is 25.9 Å². The van der Waals surface area contributed by atoms with E-state index in [1.165, 1.54) is 0 Å². The Morgan fingerprint density at radius 2 is 2.08 bits per heavy atom. The van der Waals surface area contributed by atoms with E-state index in [1.807, 2.05) is 44.2 Å². The summed E-state index contributed by atoms with van der Waals surface area (Å²) < 4.78 is 23.6. The molecule has 1 aliphatic rings. The minimum absolute atomic E-state index is 0.230. The van der Waals surface area contributed by atoms with Crippen LogP contribution >= 0.6 is 0 Å². The molecule has 1 heterocycles. The van der Waals surface area contributed by atoms with Crippen molar-refractivity contribution in [1.29, 1.82) is 0 Å². The average molecular weight is 330 g/mol. The normalized spacial score (nSPS) is 23.5. The molecule has 1 aliphatic heterocycles. The molecule has 2 rings (SSSR count). The molecule has 0 unspecified atom stereocenters. The van der Waals surface area contributed by atoms with Gasteiger partial charge in [0.25, 0.3) is 0 Å². The molecule has 0 N–H and O–H groups in total. The minimum Gasteiger partial charge on any atom is -0.374 e. The van der Waals surface area contributed by atoms with Gasteiger partial charge in [-0.3, -0.25) is 0 Å². The Morgan fingerprint density at radius 1 is 1.33 bits per heavy atom. The van der Waals surface area contributed by atoms with Crippen molar-refractivity contribution in [3.8, 4) is 12.3 Å². The van der Waals surface area contributed by atoms with Crippen molar-refractivity contribution in [3.05, 3.63) is 48.6 Å². The second kappa shape index (κ2) is 9.00. The lowest BCUT2D eigenvalue weighted by Crippen LogP contribution is -2.39. The monoisotopic (exact) mass is 330 g/mol. The first-order valence-electron chi connectivity index (χ1n) is 8.19. The number of rotatable bonds is 9. The van der Waals surface area contributed by atoms with Gasteiger partial charge in [0.15, 0.2) is 5.79 Å². The van der Waals surface area contributed by atoms with Gasteiger partial charge < -0.3 is 18.9 Å². The van der Waals surface area contributed by atoms with Gasteiger partial charge in [-0.1, -0.05) is 36.4 Å². The van der Waals surface area contributed by atoms with Crippen LogP contribution in [0.1, 0.15) is 25.8 Å². The molecule has 24 heavy (non-hydrogen) atoms. The van der Waals surface area contributed by atoms with Crippen LogP contribution in [0, 0.1) is 12.3 Å². The van der Waals surface area contributed by atoms with Crippen LogP contribution in [0.25, 0.3) is 0 Å². The van der Waals surface area contributed by atoms with Gasteiger partial charge in [-0.15, -0.1) is 18.9 Å². The Labute approximate surface area is 144 Å². The van der Waals surface area contributed by atoms with Crippen LogP contribution in [-0.4, -0.2) is 37.3 Å². The summed E-state index contributed by atoms with van der Waals surface area (Å²) in [4.78, 5) is 0. The lowest BCUT2D eigenvalue weighted by atomic mass is 10.1. The van der Waals surface area contributed by atoms with Gasteiger partial charge in [-0.2, -0.15) is 0 Å². The van der Waals surface area contributed by atoms with E-state index in [-0.39, 0.29) is 18.3 Å². The molecular weight excluding hydrogens is 304 g/mol. The predicted molar refractivity (Wildman–Crippen MR) is 93.3 cm³/mol. The highest BCUT2D eigenvalue weighted by Crippen LogP contribution is 2.32. The SMILES string of the molecule is C#CC[C@H](OCC=C)[C@@H]1OC(C)(C)O[C@H]1COCc1ccccc1. The zero-order valence-corrected chi connectivity index (χ0v) is 14.4. The quantitative estimate of drug-likeness (QED) is 0.514. The van der Waals surface area contributed by atoms with Gasteiger partial charge in [0.1, 0.15) is 12.2 Å². The second-order valence-corrected chi connectivity index (χ2v) is 6.21. The highest BCUT2D eigenvalue weighted by atomic mass is 16.8. The van der Waals surface area contributed by atoms with Gasteiger partial charge in [-0.05, 0) is 19.4 Å². The Bertz CT molecular complexity index is 547. The van der Waals surface area contributed by atoms with Crippen molar-refractivity contribution in [1.82, 2.24) is 0 Å². The fourth-order valence-electron chi connectivity index (χ4n) is 2.75. The van der Waals surface area contributed by atoms with Crippen molar-refractivity contribution in [2.45, 2.75) is 51.0 Å². The largest absolute Gasteiger partial charge is 0.374 e. The van der Waals surface area contributed by atoms with E-state index in [9.17, 15) is 0 Å². The van der Waals surface area contributed by atoms with Crippen molar-refractivity contribution in [3.63, 3.8) is 0 Å². The molecule has 1 saturated heterocycles. The van der Waals surface area contributed by atoms with E-state index in [2.05, 4.69) is 12.5 Å². The standard InChI is InChI=1S/C20H26O4/c1-5-10-17(22-13-6-2)19-18(23-20(3,4)24-19)15-21-14-16-11-8-7-9-12-16/h1,6-9,11-12,17-19H,2,10,13-15H2,3-4H3/t17-,18-,19-/m0/s1. The van der Waals surface area contributed by atoms with Crippen molar-refractivity contribution < 1.29 is 18.9 Å². The van der Waals surface area contributed by atoms with E-state index >= 15 is 0 Å². The maximum atomic E-state index is 6.02. The van der Waals surface area contributed by atoms with Gasteiger partial charge >= 0.3 is 0 Å². The number of hydrogen-bond donors (Lipinski definition) is 0. The summed E-state index contributed by atoms with van der Waals surface area (Å²) in [6.07, 6.45) is 6.87. The first-order valence-corrected chi connectivity index (χ1v) is 8.19. The van der Waals surface area contributed by atoms with Gasteiger partial charge in [0, 0.05) is 6.42 Å². The van der Waals surface area contributed by atoms with E-state index in [0.717, 1.165) is 5.56 Å². The van der Waals surface area contributed by atoms with Crippen LogP contribution < -0.4 is 0 Å². The molecule has 3 atom stereocenters. The van der Waals surface area contributed by atoms with E-state index < -0.39 is 5.79 Å². The first-order chi connectivity index (χ1) is 11.6. The molecule has 0 radical (unpaired) electrons.